The van der Waals surface area contributed by atoms with Gasteiger partial charge in [-0.2, -0.15) is 0 Å². The Bertz CT molecular complexity index is 831. The van der Waals surface area contributed by atoms with Crippen molar-refractivity contribution in [2.75, 3.05) is 42.6 Å². The van der Waals surface area contributed by atoms with E-state index < -0.39 is 11.7 Å². The second kappa shape index (κ2) is 6.50. The number of rotatable bonds is 3. The van der Waals surface area contributed by atoms with Crippen LogP contribution in [-0.4, -0.2) is 49.4 Å². The van der Waals surface area contributed by atoms with Crippen molar-refractivity contribution in [3.63, 3.8) is 0 Å². The van der Waals surface area contributed by atoms with Crippen molar-refractivity contribution in [3.8, 4) is 0 Å². The number of benzene rings is 2. The highest BCUT2D eigenvalue weighted by Crippen LogP contribution is 2.29. The summed E-state index contributed by atoms with van der Waals surface area (Å²) >= 11 is 6.28. The summed E-state index contributed by atoms with van der Waals surface area (Å²) in [6, 6.07) is 15.0. The smallest absolute Gasteiger partial charge is 0.300 e. The van der Waals surface area contributed by atoms with Gasteiger partial charge in [-0.1, -0.05) is 35.9 Å². The Balaban J connectivity index is 1.44. The number of para-hydroxylation sites is 2. The number of carbonyl (C=O) groups excluding carboxylic acids is 2. The zero-order valence-corrected chi connectivity index (χ0v) is 14.4. The molecule has 6 heteroatoms. The molecule has 0 saturated carbocycles. The Kier molecular flexibility index (Phi) is 4.19. The molecule has 0 aromatic heterocycles. The van der Waals surface area contributed by atoms with E-state index in [9.17, 15) is 9.59 Å². The van der Waals surface area contributed by atoms with Gasteiger partial charge in [-0.15, -0.1) is 0 Å². The number of halogens is 1. The van der Waals surface area contributed by atoms with Gasteiger partial charge in [0, 0.05) is 26.2 Å². The maximum Gasteiger partial charge on any atom is 0.300 e. The first-order chi connectivity index (χ1) is 12.1. The molecular formula is C19H18ClN3O2. The number of amides is 1. The largest absolute Gasteiger partial charge is 0.368 e. The van der Waals surface area contributed by atoms with Gasteiger partial charge >= 0.3 is 5.91 Å². The topological polar surface area (TPSA) is 43.9 Å². The van der Waals surface area contributed by atoms with Crippen molar-refractivity contribution in [2.24, 2.45) is 0 Å². The van der Waals surface area contributed by atoms with Crippen molar-refractivity contribution >= 4 is 34.7 Å². The van der Waals surface area contributed by atoms with Crippen LogP contribution in [0.1, 0.15) is 10.4 Å². The molecule has 0 N–H and O–H groups in total. The second-order valence-corrected chi connectivity index (χ2v) is 6.68. The lowest BCUT2D eigenvalue weighted by Gasteiger charge is -2.38. The minimum atomic E-state index is -0.435. The minimum Gasteiger partial charge on any atom is -0.368 e. The van der Waals surface area contributed by atoms with E-state index in [1.165, 1.54) is 0 Å². The van der Waals surface area contributed by atoms with Crippen molar-refractivity contribution in [2.45, 2.75) is 0 Å². The number of hydrogen-bond acceptors (Lipinski definition) is 4. The molecule has 2 aliphatic rings. The molecule has 0 bridgehead atoms. The zero-order chi connectivity index (χ0) is 17.4. The van der Waals surface area contributed by atoms with Gasteiger partial charge in [-0.05, 0) is 24.3 Å². The minimum absolute atomic E-state index is 0.412. The molecule has 0 atom stereocenters. The fourth-order valence-corrected chi connectivity index (χ4v) is 3.68. The van der Waals surface area contributed by atoms with Crippen molar-refractivity contribution < 1.29 is 9.59 Å². The molecule has 2 aliphatic heterocycles. The van der Waals surface area contributed by atoms with Gasteiger partial charge in [-0.25, -0.2) is 0 Å². The molecule has 0 spiro atoms. The van der Waals surface area contributed by atoms with Crippen molar-refractivity contribution in [1.82, 2.24) is 4.90 Å². The van der Waals surface area contributed by atoms with Crippen LogP contribution in [0.2, 0.25) is 5.02 Å². The van der Waals surface area contributed by atoms with Crippen LogP contribution in [0.25, 0.3) is 0 Å². The summed E-state index contributed by atoms with van der Waals surface area (Å²) in [5.41, 5.74) is 2.26. The maximum atomic E-state index is 12.3. The number of carbonyl (C=O) groups is 2. The summed E-state index contributed by atoms with van der Waals surface area (Å²) in [6.45, 7) is 3.73. The number of piperazine rings is 1. The molecule has 2 aromatic rings. The second-order valence-electron chi connectivity index (χ2n) is 6.28. The first-order valence-electron chi connectivity index (χ1n) is 8.32. The average Bonchev–Trinajstić information content (AvgIpc) is 2.88. The molecule has 5 nitrogen and oxygen atoms in total. The molecule has 1 amide bonds. The van der Waals surface area contributed by atoms with E-state index in [0.717, 1.165) is 36.9 Å². The molecule has 128 valence electrons. The fraction of sp³-hybridized carbons (Fsp3) is 0.263. The summed E-state index contributed by atoms with van der Waals surface area (Å²) in [6.07, 6.45) is 0. The maximum absolute atomic E-state index is 12.3. The lowest BCUT2D eigenvalue weighted by molar-refractivity contribution is -0.114. The van der Waals surface area contributed by atoms with E-state index >= 15 is 0 Å². The third-order valence-electron chi connectivity index (χ3n) is 4.79. The lowest BCUT2D eigenvalue weighted by atomic mass is 10.1. The number of nitrogens with zero attached hydrogens (tertiary/aromatic N) is 3. The van der Waals surface area contributed by atoms with Crippen molar-refractivity contribution in [3.05, 3.63) is 59.1 Å². The van der Waals surface area contributed by atoms with Gasteiger partial charge in [-0.3, -0.25) is 19.4 Å². The molecule has 25 heavy (non-hydrogen) atoms. The number of anilines is 2. The van der Waals surface area contributed by atoms with Crippen LogP contribution in [0.3, 0.4) is 0 Å². The van der Waals surface area contributed by atoms with E-state index in [4.69, 9.17) is 11.6 Å². The van der Waals surface area contributed by atoms with E-state index in [1.807, 2.05) is 36.4 Å². The highest BCUT2D eigenvalue weighted by molar-refractivity contribution is 6.52. The highest BCUT2D eigenvalue weighted by Gasteiger charge is 2.36. The Morgan fingerprint density at radius 3 is 2.20 bits per heavy atom. The van der Waals surface area contributed by atoms with Crippen LogP contribution in [0.15, 0.2) is 48.5 Å². The van der Waals surface area contributed by atoms with E-state index in [2.05, 4.69) is 9.80 Å². The summed E-state index contributed by atoms with van der Waals surface area (Å²) < 4.78 is 0. The molecule has 0 radical (unpaired) electrons. The molecular weight excluding hydrogens is 338 g/mol. The third kappa shape index (κ3) is 2.90. The lowest BCUT2D eigenvalue weighted by Crippen LogP contribution is -2.51. The fourth-order valence-electron chi connectivity index (χ4n) is 3.43. The van der Waals surface area contributed by atoms with Gasteiger partial charge in [0.15, 0.2) is 0 Å². The van der Waals surface area contributed by atoms with Crippen LogP contribution in [0, 0.1) is 0 Å². The Hall–Kier alpha value is -2.37. The SMILES string of the molecule is O=C1C(=O)N(CN2CCN(c3ccccc3Cl)CC2)c2ccccc21. The van der Waals surface area contributed by atoms with Gasteiger partial charge < -0.3 is 4.90 Å². The average molecular weight is 356 g/mol. The van der Waals surface area contributed by atoms with E-state index in [1.54, 1.807) is 17.0 Å². The van der Waals surface area contributed by atoms with Crippen LogP contribution >= 0.6 is 11.6 Å². The summed E-state index contributed by atoms with van der Waals surface area (Å²) in [7, 11) is 0. The van der Waals surface area contributed by atoms with E-state index in [-0.39, 0.29) is 0 Å². The van der Waals surface area contributed by atoms with Gasteiger partial charge in [0.1, 0.15) is 0 Å². The van der Waals surface area contributed by atoms with Crippen LogP contribution in [0.4, 0.5) is 11.4 Å². The van der Waals surface area contributed by atoms with Crippen LogP contribution in [-0.2, 0) is 4.79 Å². The molecule has 0 aliphatic carbocycles. The van der Waals surface area contributed by atoms with Gasteiger partial charge in [0.2, 0.25) is 0 Å². The molecule has 1 saturated heterocycles. The number of Topliss-reactive ketones (excluding diaryl/α,β-unsaturated/α-hetero) is 1. The van der Waals surface area contributed by atoms with Crippen LogP contribution < -0.4 is 9.80 Å². The monoisotopic (exact) mass is 355 g/mol. The molecule has 1 fully saturated rings. The zero-order valence-electron chi connectivity index (χ0n) is 13.7. The number of hydrogen-bond donors (Lipinski definition) is 0. The summed E-state index contributed by atoms with van der Waals surface area (Å²) in [5, 5.41) is 0.755. The molecule has 4 rings (SSSR count). The highest BCUT2D eigenvalue weighted by atomic mass is 35.5. The van der Waals surface area contributed by atoms with Crippen molar-refractivity contribution in [1.29, 1.82) is 0 Å². The number of fused-ring (bicyclic) bond motifs is 1. The molecule has 2 aromatic carbocycles. The predicted molar refractivity (Wildman–Crippen MR) is 98.4 cm³/mol. The quantitative estimate of drug-likeness (QED) is 0.794. The molecule has 0 unspecified atom stereocenters. The normalized spacial score (nSPS) is 18.0. The Morgan fingerprint density at radius 2 is 1.48 bits per heavy atom. The third-order valence-corrected chi connectivity index (χ3v) is 5.11. The first kappa shape index (κ1) is 16.1. The van der Waals surface area contributed by atoms with Gasteiger partial charge in [0.25, 0.3) is 5.78 Å². The van der Waals surface area contributed by atoms with Gasteiger partial charge in [0.05, 0.1) is 28.6 Å². The van der Waals surface area contributed by atoms with E-state index in [0.29, 0.717) is 17.9 Å². The summed E-state index contributed by atoms with van der Waals surface area (Å²) in [5.74, 6) is -0.847. The first-order valence-corrected chi connectivity index (χ1v) is 8.70. The summed E-state index contributed by atoms with van der Waals surface area (Å²) in [4.78, 5) is 30.4. The number of ketones is 1. The Labute approximate surface area is 151 Å². The standard InChI is InChI=1S/C19H18ClN3O2/c20-15-6-2-4-8-17(15)22-11-9-21(10-12-22)13-23-16-7-3-1-5-14(16)18(24)19(23)25/h1-8H,9-13H2. The van der Waals surface area contributed by atoms with Crippen LogP contribution in [0.5, 0.6) is 0 Å². The Morgan fingerprint density at radius 1 is 0.840 bits per heavy atom. The molecule has 2 heterocycles. The predicted octanol–water partition coefficient (Wildman–Crippen LogP) is 2.65.